The van der Waals surface area contributed by atoms with Crippen LogP contribution in [0.15, 0.2) is 66.2 Å². The van der Waals surface area contributed by atoms with Gasteiger partial charge < -0.3 is 24.1 Å². The molecule has 4 rings (SSSR count). The highest BCUT2D eigenvalue weighted by Gasteiger charge is 2.47. The Morgan fingerprint density at radius 2 is 1.50 bits per heavy atom. The van der Waals surface area contributed by atoms with Gasteiger partial charge >= 0.3 is 0 Å². The van der Waals surface area contributed by atoms with E-state index in [1.54, 1.807) is 54.6 Å². The maximum Gasteiger partial charge on any atom is 0.300 e. The number of benzene rings is 3. The molecule has 0 aliphatic carbocycles. The zero-order chi connectivity index (χ0) is 27.4. The minimum atomic E-state index is -0.987. The number of halogens is 1. The molecule has 1 N–H and O–H groups in total. The Hall–Kier alpha value is -4.17. The summed E-state index contributed by atoms with van der Waals surface area (Å²) in [5.41, 5.74) is 1.03. The summed E-state index contributed by atoms with van der Waals surface area (Å²) in [4.78, 5) is 28.3. The normalized spacial score (nSPS) is 16.4. The number of carbonyl (C=O) groups excluding carboxylic acids is 2. The van der Waals surface area contributed by atoms with Crippen LogP contribution < -0.4 is 23.8 Å². The molecule has 1 unspecified atom stereocenters. The second-order valence-electron chi connectivity index (χ2n) is 8.29. The van der Waals surface area contributed by atoms with E-state index in [9.17, 15) is 14.7 Å². The zero-order valence-corrected chi connectivity index (χ0v) is 22.2. The number of aliphatic hydroxyl groups is 1. The Morgan fingerprint density at radius 3 is 2.13 bits per heavy atom. The number of hydrogen-bond acceptors (Lipinski definition) is 7. The van der Waals surface area contributed by atoms with Gasteiger partial charge in [-0.05, 0) is 74.0 Å². The van der Waals surface area contributed by atoms with Gasteiger partial charge in [0.05, 0.1) is 44.1 Å². The van der Waals surface area contributed by atoms with Crippen LogP contribution in [0.5, 0.6) is 23.0 Å². The van der Waals surface area contributed by atoms with Gasteiger partial charge in [0.1, 0.15) is 17.3 Å². The Morgan fingerprint density at radius 1 is 0.868 bits per heavy atom. The number of carbonyl (C=O) groups is 2. The van der Waals surface area contributed by atoms with Gasteiger partial charge in [-0.2, -0.15) is 0 Å². The fraction of sp³-hybridized carbons (Fsp3) is 0.241. The second-order valence-corrected chi connectivity index (χ2v) is 8.69. The van der Waals surface area contributed by atoms with E-state index in [0.717, 1.165) is 0 Å². The fourth-order valence-corrected chi connectivity index (χ4v) is 4.60. The molecule has 1 saturated heterocycles. The van der Waals surface area contributed by atoms with Gasteiger partial charge in [-0.25, -0.2) is 0 Å². The van der Waals surface area contributed by atoms with E-state index in [2.05, 4.69) is 0 Å². The molecule has 9 heteroatoms. The van der Waals surface area contributed by atoms with Gasteiger partial charge in [-0.3, -0.25) is 14.5 Å². The van der Waals surface area contributed by atoms with Crippen molar-refractivity contribution in [2.75, 3.05) is 32.3 Å². The number of aliphatic hydroxyl groups excluding tert-OH is 1. The molecule has 8 nitrogen and oxygen atoms in total. The van der Waals surface area contributed by atoms with Crippen LogP contribution in [0.2, 0.25) is 5.02 Å². The fourth-order valence-electron chi connectivity index (χ4n) is 4.39. The molecule has 0 saturated carbocycles. The summed E-state index contributed by atoms with van der Waals surface area (Å²) in [7, 11) is 3.00. The predicted octanol–water partition coefficient (Wildman–Crippen LogP) is 5.78. The summed E-state index contributed by atoms with van der Waals surface area (Å²) in [6, 6.07) is 15.6. The lowest BCUT2D eigenvalue weighted by atomic mass is 9.94. The Balaban J connectivity index is 1.95. The van der Waals surface area contributed by atoms with E-state index >= 15 is 0 Å². The first-order valence-electron chi connectivity index (χ1n) is 12.0. The van der Waals surface area contributed by atoms with Crippen molar-refractivity contribution in [3.8, 4) is 23.0 Å². The van der Waals surface area contributed by atoms with Crippen molar-refractivity contribution in [3.05, 3.63) is 82.4 Å². The van der Waals surface area contributed by atoms with Crippen LogP contribution in [0.25, 0.3) is 5.76 Å². The zero-order valence-electron chi connectivity index (χ0n) is 21.5. The first kappa shape index (κ1) is 26.9. The third-order valence-electron chi connectivity index (χ3n) is 6.10. The van der Waals surface area contributed by atoms with Gasteiger partial charge in [-0.1, -0.05) is 17.7 Å². The SMILES string of the molecule is CCOc1ccc(N2C(=O)C(=O)/C(=C(/O)c3cc(OCC)ccc3Cl)C2c2ccc(OC)c(OC)c2)cc1. The van der Waals surface area contributed by atoms with Crippen molar-refractivity contribution in [1.29, 1.82) is 0 Å². The third-order valence-corrected chi connectivity index (χ3v) is 6.43. The molecule has 0 aromatic heterocycles. The number of methoxy groups -OCH3 is 2. The maximum absolute atomic E-state index is 13.5. The van der Waals surface area contributed by atoms with Gasteiger partial charge in [0.25, 0.3) is 11.7 Å². The van der Waals surface area contributed by atoms with Crippen molar-refractivity contribution in [1.82, 2.24) is 0 Å². The van der Waals surface area contributed by atoms with Crippen LogP contribution >= 0.6 is 11.6 Å². The quantitative estimate of drug-likeness (QED) is 0.210. The predicted molar refractivity (Wildman–Crippen MR) is 145 cm³/mol. The molecule has 1 amide bonds. The molecule has 1 aliphatic rings. The Kier molecular flexibility index (Phi) is 8.12. The van der Waals surface area contributed by atoms with Crippen molar-refractivity contribution in [2.45, 2.75) is 19.9 Å². The van der Waals surface area contributed by atoms with Crippen LogP contribution in [-0.2, 0) is 9.59 Å². The van der Waals surface area contributed by atoms with Gasteiger partial charge in [-0.15, -0.1) is 0 Å². The van der Waals surface area contributed by atoms with E-state index in [1.807, 2.05) is 13.8 Å². The highest BCUT2D eigenvalue weighted by atomic mass is 35.5. The highest BCUT2D eigenvalue weighted by Crippen LogP contribution is 2.45. The summed E-state index contributed by atoms with van der Waals surface area (Å²) in [6.07, 6.45) is 0. The average Bonchev–Trinajstić information content (AvgIpc) is 3.19. The molecule has 198 valence electrons. The molecule has 1 aliphatic heterocycles. The summed E-state index contributed by atoms with van der Waals surface area (Å²) >= 11 is 6.43. The van der Waals surface area contributed by atoms with Crippen LogP contribution in [0.1, 0.15) is 31.0 Å². The molecular formula is C29H28ClNO7. The average molecular weight is 538 g/mol. The summed E-state index contributed by atoms with van der Waals surface area (Å²) < 4.78 is 21.9. The molecule has 0 spiro atoms. The lowest BCUT2D eigenvalue weighted by Gasteiger charge is -2.26. The number of nitrogens with zero attached hydrogens (tertiary/aromatic N) is 1. The monoisotopic (exact) mass is 537 g/mol. The van der Waals surface area contributed by atoms with E-state index in [0.29, 0.717) is 47.5 Å². The first-order chi connectivity index (χ1) is 18.3. The minimum Gasteiger partial charge on any atom is -0.507 e. The largest absolute Gasteiger partial charge is 0.507 e. The third kappa shape index (κ3) is 4.99. The number of ketones is 1. The lowest BCUT2D eigenvalue weighted by Crippen LogP contribution is -2.29. The molecule has 3 aromatic rings. The van der Waals surface area contributed by atoms with Crippen LogP contribution in [0, 0.1) is 0 Å². The van der Waals surface area contributed by atoms with Crippen LogP contribution in [0.3, 0.4) is 0 Å². The molecule has 0 radical (unpaired) electrons. The molecule has 1 atom stereocenters. The topological polar surface area (TPSA) is 94.5 Å². The van der Waals surface area contributed by atoms with E-state index in [4.69, 9.17) is 30.5 Å². The molecule has 1 heterocycles. The van der Waals surface area contributed by atoms with Gasteiger partial charge in [0.15, 0.2) is 11.5 Å². The molecule has 0 bridgehead atoms. The van der Waals surface area contributed by atoms with Crippen molar-refractivity contribution < 1.29 is 33.6 Å². The van der Waals surface area contributed by atoms with Crippen molar-refractivity contribution >= 4 is 34.7 Å². The second kappa shape index (κ2) is 11.5. The molecular weight excluding hydrogens is 510 g/mol. The minimum absolute atomic E-state index is 0.119. The number of ether oxygens (including phenoxy) is 4. The lowest BCUT2D eigenvalue weighted by molar-refractivity contribution is -0.132. The molecule has 1 fully saturated rings. The van der Waals surface area contributed by atoms with E-state index < -0.39 is 23.5 Å². The van der Waals surface area contributed by atoms with Crippen molar-refractivity contribution in [2.24, 2.45) is 0 Å². The Bertz CT molecular complexity index is 1380. The van der Waals surface area contributed by atoms with Crippen LogP contribution in [-0.4, -0.2) is 44.2 Å². The van der Waals surface area contributed by atoms with Crippen molar-refractivity contribution in [3.63, 3.8) is 0 Å². The molecule has 38 heavy (non-hydrogen) atoms. The highest BCUT2D eigenvalue weighted by molar-refractivity contribution is 6.52. The van der Waals surface area contributed by atoms with E-state index in [1.165, 1.54) is 25.2 Å². The number of rotatable bonds is 9. The summed E-state index contributed by atoms with van der Waals surface area (Å²) in [5.74, 6) is -0.109. The first-order valence-corrected chi connectivity index (χ1v) is 12.4. The Labute approximate surface area is 225 Å². The summed E-state index contributed by atoms with van der Waals surface area (Å²) in [6.45, 7) is 4.58. The van der Waals surface area contributed by atoms with Gasteiger partial charge in [0, 0.05) is 11.3 Å². The maximum atomic E-state index is 13.5. The summed E-state index contributed by atoms with van der Waals surface area (Å²) in [5, 5.41) is 11.7. The van der Waals surface area contributed by atoms with E-state index in [-0.39, 0.29) is 16.2 Å². The molecule has 3 aromatic carbocycles. The van der Waals surface area contributed by atoms with Gasteiger partial charge in [0.2, 0.25) is 0 Å². The number of hydrogen-bond donors (Lipinski definition) is 1. The number of Topliss-reactive ketones (excluding diaryl/α,β-unsaturated/α-hetero) is 1. The number of anilines is 1. The van der Waals surface area contributed by atoms with Crippen LogP contribution in [0.4, 0.5) is 5.69 Å². The number of amides is 1. The smallest absolute Gasteiger partial charge is 0.300 e. The standard InChI is InChI=1S/C29H28ClNO7/c1-5-37-19-10-8-18(9-11-19)31-26(17-7-14-23(35-3)24(15-17)36-4)25(28(33)29(31)34)27(32)21-16-20(38-6-2)12-13-22(21)30/h7-16,26,32H,5-6H2,1-4H3/b27-25+.